The van der Waals surface area contributed by atoms with E-state index in [1.807, 2.05) is 0 Å². The predicted octanol–water partition coefficient (Wildman–Crippen LogP) is 1.60. The maximum Gasteiger partial charge on any atom is 0.264 e. The van der Waals surface area contributed by atoms with Crippen molar-refractivity contribution in [3.63, 3.8) is 0 Å². The number of anilines is 1. The van der Waals surface area contributed by atoms with Crippen molar-refractivity contribution in [1.82, 2.24) is 15.5 Å². The number of hydrogen-bond acceptors (Lipinski definition) is 7. The molecule has 184 valence electrons. The monoisotopic (exact) mass is 472 g/mol. The van der Waals surface area contributed by atoms with Gasteiger partial charge in [-0.25, -0.2) is 0 Å². The summed E-state index contributed by atoms with van der Waals surface area (Å²) in [6.45, 7) is 1.40. The van der Waals surface area contributed by atoms with Gasteiger partial charge in [-0.05, 0) is 31.4 Å². The zero-order chi connectivity index (χ0) is 24.5. The summed E-state index contributed by atoms with van der Waals surface area (Å²) in [7, 11) is 1.49. The number of carbonyl (C=O) groups excluding carboxylic acids is 5. The summed E-state index contributed by atoms with van der Waals surface area (Å²) >= 11 is 0. The Hall–Kier alpha value is -3.27. The fraction of sp³-hybridized carbons (Fsp3) is 0.542. The Morgan fingerprint density at radius 2 is 1.74 bits per heavy atom. The lowest BCUT2D eigenvalue weighted by Gasteiger charge is -2.27. The van der Waals surface area contributed by atoms with Crippen LogP contribution in [0, 0.1) is 0 Å². The second-order valence-corrected chi connectivity index (χ2v) is 8.51. The van der Waals surface area contributed by atoms with Crippen LogP contribution in [0.1, 0.15) is 72.1 Å². The predicted molar refractivity (Wildman–Crippen MR) is 124 cm³/mol. The van der Waals surface area contributed by atoms with E-state index < -0.39 is 29.7 Å². The Labute approximate surface area is 198 Å². The fourth-order valence-electron chi connectivity index (χ4n) is 4.25. The van der Waals surface area contributed by atoms with Gasteiger partial charge in [0.1, 0.15) is 12.6 Å². The number of nitrogens with zero attached hydrogens (tertiary/aromatic N) is 1. The van der Waals surface area contributed by atoms with E-state index in [1.54, 1.807) is 18.2 Å². The van der Waals surface area contributed by atoms with Gasteiger partial charge in [0.2, 0.25) is 17.7 Å². The number of fused-ring (bicyclic) bond motifs is 1. The minimum atomic E-state index is -0.966. The summed E-state index contributed by atoms with van der Waals surface area (Å²) in [5.41, 5.74) is 1.14. The van der Waals surface area contributed by atoms with E-state index >= 15 is 0 Å². The Balaban J connectivity index is 1.42. The van der Waals surface area contributed by atoms with E-state index in [0.717, 1.165) is 43.4 Å². The van der Waals surface area contributed by atoms with Crippen molar-refractivity contribution >= 4 is 35.2 Å². The van der Waals surface area contributed by atoms with E-state index in [1.165, 1.54) is 7.11 Å². The lowest BCUT2D eigenvalue weighted by molar-refractivity contribution is -0.136. The Morgan fingerprint density at radius 1 is 1.03 bits per heavy atom. The number of benzene rings is 1. The molecular weight excluding hydrogens is 440 g/mol. The topological polar surface area (TPSA) is 134 Å². The van der Waals surface area contributed by atoms with E-state index in [4.69, 9.17) is 4.74 Å². The average molecular weight is 473 g/mol. The molecule has 0 radical (unpaired) electrons. The van der Waals surface area contributed by atoms with Crippen LogP contribution in [0.2, 0.25) is 0 Å². The third kappa shape index (κ3) is 6.19. The summed E-state index contributed by atoms with van der Waals surface area (Å²) < 4.78 is 4.76. The molecule has 0 spiro atoms. The smallest absolute Gasteiger partial charge is 0.264 e. The largest absolute Gasteiger partial charge is 0.384 e. The molecule has 0 aliphatic carbocycles. The summed E-state index contributed by atoms with van der Waals surface area (Å²) in [6.07, 6.45) is 6.29. The number of methoxy groups -OCH3 is 1. The van der Waals surface area contributed by atoms with Crippen LogP contribution in [0.25, 0.3) is 0 Å². The number of nitrogens with one attached hydrogen (secondary N) is 3. The van der Waals surface area contributed by atoms with Gasteiger partial charge in [0.15, 0.2) is 0 Å². The zero-order valence-corrected chi connectivity index (χ0v) is 19.5. The maximum atomic E-state index is 13.1. The molecule has 1 aromatic carbocycles. The number of imide groups is 2. The van der Waals surface area contributed by atoms with Gasteiger partial charge >= 0.3 is 0 Å². The fourth-order valence-corrected chi connectivity index (χ4v) is 4.25. The van der Waals surface area contributed by atoms with Crippen molar-refractivity contribution in [2.24, 2.45) is 0 Å². The number of amides is 5. The third-order valence-electron chi connectivity index (χ3n) is 5.98. The molecule has 2 heterocycles. The molecule has 0 aromatic heterocycles. The second-order valence-electron chi connectivity index (χ2n) is 8.51. The van der Waals surface area contributed by atoms with Crippen molar-refractivity contribution in [2.75, 3.05) is 32.1 Å². The molecule has 1 saturated heterocycles. The van der Waals surface area contributed by atoms with Crippen LogP contribution in [0.5, 0.6) is 0 Å². The maximum absolute atomic E-state index is 13.1. The van der Waals surface area contributed by atoms with Crippen LogP contribution in [0.15, 0.2) is 18.2 Å². The van der Waals surface area contributed by atoms with Crippen molar-refractivity contribution in [1.29, 1.82) is 0 Å². The molecule has 1 fully saturated rings. The van der Waals surface area contributed by atoms with Crippen molar-refractivity contribution in [3.8, 4) is 0 Å². The third-order valence-corrected chi connectivity index (χ3v) is 5.98. The molecule has 0 bridgehead atoms. The SMILES string of the molecule is COCC(=O)NCCCCCCCCNc1cccc2c1C(=O)N(C1CCC(=O)NC1=O)C2=O. The van der Waals surface area contributed by atoms with Gasteiger partial charge in [0.25, 0.3) is 11.8 Å². The number of rotatable bonds is 13. The minimum absolute atomic E-state index is 0.0896. The molecule has 34 heavy (non-hydrogen) atoms. The first-order valence-electron chi connectivity index (χ1n) is 11.8. The summed E-state index contributed by atoms with van der Waals surface area (Å²) in [5, 5.41) is 8.27. The summed E-state index contributed by atoms with van der Waals surface area (Å²) in [5.74, 6) is -2.11. The van der Waals surface area contributed by atoms with Gasteiger partial charge in [-0.3, -0.25) is 34.2 Å². The second kappa shape index (κ2) is 12.3. The molecule has 1 atom stereocenters. The molecule has 10 heteroatoms. The highest BCUT2D eigenvalue weighted by atomic mass is 16.5. The lowest BCUT2D eigenvalue weighted by Crippen LogP contribution is -2.54. The normalized spacial score (nSPS) is 17.6. The van der Waals surface area contributed by atoms with Crippen molar-refractivity contribution < 1.29 is 28.7 Å². The van der Waals surface area contributed by atoms with Crippen LogP contribution >= 0.6 is 0 Å². The number of ether oxygens (including phenoxy) is 1. The van der Waals surface area contributed by atoms with Gasteiger partial charge in [0, 0.05) is 32.3 Å². The quantitative estimate of drug-likeness (QED) is 0.293. The van der Waals surface area contributed by atoms with Crippen LogP contribution in [0.3, 0.4) is 0 Å². The highest BCUT2D eigenvalue weighted by Gasteiger charge is 2.45. The lowest BCUT2D eigenvalue weighted by atomic mass is 10.0. The molecule has 3 rings (SSSR count). The van der Waals surface area contributed by atoms with Gasteiger partial charge in [-0.1, -0.05) is 31.7 Å². The molecule has 1 aromatic rings. The number of unbranched alkanes of at least 4 members (excludes halogenated alkanes) is 5. The number of hydrogen-bond donors (Lipinski definition) is 3. The first kappa shape index (κ1) is 25.4. The van der Waals surface area contributed by atoms with Crippen LogP contribution in [-0.4, -0.2) is 67.3 Å². The number of carbonyl (C=O) groups is 5. The molecule has 0 saturated carbocycles. The summed E-state index contributed by atoms with van der Waals surface area (Å²) in [6, 6.07) is 4.09. The molecule has 1 unspecified atom stereocenters. The zero-order valence-electron chi connectivity index (χ0n) is 19.5. The molecule has 5 amide bonds. The highest BCUT2D eigenvalue weighted by molar-refractivity contribution is 6.25. The van der Waals surface area contributed by atoms with Crippen LogP contribution < -0.4 is 16.0 Å². The first-order valence-corrected chi connectivity index (χ1v) is 11.8. The first-order chi connectivity index (χ1) is 16.4. The average Bonchev–Trinajstić information content (AvgIpc) is 3.06. The molecule has 10 nitrogen and oxygen atoms in total. The standard InChI is InChI=1S/C24H32N4O6/c1-34-15-20(30)26-14-7-5-3-2-4-6-13-25-17-10-8-9-16-21(17)24(33)28(23(16)32)18-11-12-19(29)27-22(18)31/h8-10,18,25H,2-7,11-15H2,1H3,(H,26,30)(H,27,29,31). The van der Waals surface area contributed by atoms with Crippen LogP contribution in [0.4, 0.5) is 5.69 Å². The van der Waals surface area contributed by atoms with Gasteiger partial charge in [-0.2, -0.15) is 0 Å². The molecular formula is C24H32N4O6. The summed E-state index contributed by atoms with van der Waals surface area (Å²) in [4.78, 5) is 61.8. The molecule has 2 aliphatic heterocycles. The Morgan fingerprint density at radius 3 is 2.44 bits per heavy atom. The highest BCUT2D eigenvalue weighted by Crippen LogP contribution is 2.32. The number of piperidine rings is 1. The molecule has 3 N–H and O–H groups in total. The van der Waals surface area contributed by atoms with Crippen molar-refractivity contribution in [3.05, 3.63) is 29.3 Å². The van der Waals surface area contributed by atoms with Crippen molar-refractivity contribution in [2.45, 2.75) is 57.4 Å². The van der Waals surface area contributed by atoms with E-state index in [-0.39, 0.29) is 36.5 Å². The van der Waals surface area contributed by atoms with Gasteiger partial charge < -0.3 is 15.4 Å². The van der Waals surface area contributed by atoms with E-state index in [0.29, 0.717) is 18.8 Å². The van der Waals surface area contributed by atoms with E-state index in [9.17, 15) is 24.0 Å². The van der Waals surface area contributed by atoms with Gasteiger partial charge in [-0.15, -0.1) is 0 Å². The Bertz CT molecular complexity index is 947. The van der Waals surface area contributed by atoms with E-state index in [2.05, 4.69) is 16.0 Å². The van der Waals surface area contributed by atoms with Crippen LogP contribution in [-0.2, 0) is 19.1 Å². The Kier molecular flexibility index (Phi) is 9.15. The van der Waals surface area contributed by atoms with Gasteiger partial charge in [0.05, 0.1) is 11.1 Å². The minimum Gasteiger partial charge on any atom is -0.384 e. The molecule has 2 aliphatic rings.